The van der Waals surface area contributed by atoms with Gasteiger partial charge in [0.05, 0.1) is 17.5 Å². The van der Waals surface area contributed by atoms with Crippen LogP contribution < -0.4 is 15.4 Å². The second-order valence-corrected chi connectivity index (χ2v) is 11.9. The lowest BCUT2D eigenvalue weighted by molar-refractivity contribution is -0.140. The van der Waals surface area contributed by atoms with E-state index in [4.69, 9.17) is 9.47 Å². The largest absolute Gasteiger partial charge is 0.483 e. The van der Waals surface area contributed by atoms with E-state index >= 15 is 4.39 Å². The summed E-state index contributed by atoms with van der Waals surface area (Å²) in [5.41, 5.74) is 0.318. The van der Waals surface area contributed by atoms with Gasteiger partial charge in [-0.25, -0.2) is 14.2 Å². The molecule has 3 N–H and O–H groups in total. The molecule has 49 heavy (non-hydrogen) atoms. The van der Waals surface area contributed by atoms with Crippen molar-refractivity contribution < 1.29 is 47.7 Å². The Kier molecular flexibility index (Phi) is 12.7. The molecule has 0 saturated carbocycles. The van der Waals surface area contributed by atoms with Gasteiger partial charge < -0.3 is 39.9 Å². The molecule has 5 amide bonds. The zero-order valence-corrected chi connectivity index (χ0v) is 28.0. The Labute approximate surface area is 283 Å². The molecule has 2 fully saturated rings. The van der Waals surface area contributed by atoms with Gasteiger partial charge in [0.2, 0.25) is 11.8 Å². The van der Waals surface area contributed by atoms with E-state index in [-0.39, 0.29) is 67.5 Å². The number of ether oxygens (including phenoxy) is 2. The quantitative estimate of drug-likeness (QED) is 0.281. The van der Waals surface area contributed by atoms with Crippen LogP contribution in [-0.2, 0) is 23.9 Å². The van der Waals surface area contributed by atoms with Crippen molar-refractivity contribution in [2.45, 2.75) is 65.0 Å². The van der Waals surface area contributed by atoms with Crippen molar-refractivity contribution >= 4 is 46.6 Å². The molecule has 2 aliphatic heterocycles. The summed E-state index contributed by atoms with van der Waals surface area (Å²) in [5.74, 6) is -4.12. The van der Waals surface area contributed by atoms with E-state index in [1.807, 2.05) is 6.92 Å². The molecule has 2 atom stereocenters. The average Bonchev–Trinajstić information content (AvgIpc) is 3.57. The Bertz CT molecular complexity index is 1580. The van der Waals surface area contributed by atoms with E-state index in [0.717, 1.165) is 12.5 Å². The molecule has 2 aliphatic rings. The number of hydrogen-bond acceptors (Lipinski definition) is 9. The maximum atomic E-state index is 15.3. The number of carbonyl (C=O) groups is 6. The van der Waals surface area contributed by atoms with E-state index in [2.05, 4.69) is 15.6 Å². The highest BCUT2D eigenvalue weighted by Gasteiger charge is 2.35. The van der Waals surface area contributed by atoms with Gasteiger partial charge in [-0.3, -0.25) is 24.0 Å². The first-order valence-electron chi connectivity index (χ1n) is 16.5. The monoisotopic (exact) mass is 686 g/mol. The van der Waals surface area contributed by atoms with E-state index in [1.54, 1.807) is 13.8 Å². The number of carbonyl (C=O) groups excluding carboxylic acids is 5. The molecule has 0 radical (unpaired) electrons. The molecular weight excluding hydrogens is 643 g/mol. The summed E-state index contributed by atoms with van der Waals surface area (Å²) in [7, 11) is 0. The van der Waals surface area contributed by atoms with Crippen LogP contribution in [0.3, 0.4) is 0 Å². The molecule has 4 rings (SSSR count). The minimum Gasteiger partial charge on any atom is -0.483 e. The number of nitrogens with one attached hydrogen (secondary N) is 2. The summed E-state index contributed by atoms with van der Waals surface area (Å²) in [4.78, 5) is 85.0. The second kappa shape index (κ2) is 16.9. The van der Waals surface area contributed by atoms with Gasteiger partial charge in [-0.05, 0) is 57.2 Å². The fraction of sp³-hybridized carbons (Fsp3) is 0.545. The highest BCUT2D eigenvalue weighted by Crippen LogP contribution is 2.30. The predicted molar refractivity (Wildman–Crippen MR) is 173 cm³/mol. The van der Waals surface area contributed by atoms with Crippen LogP contribution in [0, 0.1) is 12.7 Å². The topological polar surface area (TPSA) is 188 Å². The zero-order valence-electron chi connectivity index (χ0n) is 28.0. The normalized spacial score (nSPS) is 16.7. The first-order valence-corrected chi connectivity index (χ1v) is 16.5. The molecule has 0 unspecified atom stereocenters. The molecule has 15 nitrogen and oxygen atoms in total. The number of hydrogen-bond donors (Lipinski definition) is 3. The van der Waals surface area contributed by atoms with E-state index in [9.17, 15) is 33.9 Å². The standard InChI is InChI=1S/C33H43FN6O9/c1-4-10-35-31(45)25-7-6-11-40(25)27(41)19-49-26-18-24(36-23-17-20(3)16-21(34)29(23)26)30(44)37-22(8-9-28(42)43)32(46)38-12-14-39(15-13-38)33(47)48-5-2/h16-18,22,25H,4-15,19H2,1-3H3,(H,35,45)(H,37,44)(H,42,43)/t22-,25-/m0/s1. The number of likely N-dealkylation sites (tertiary alicyclic amines) is 1. The number of carboxylic acid groups (broad SMARTS) is 1. The number of aromatic nitrogens is 1. The van der Waals surface area contributed by atoms with E-state index < -0.39 is 60.7 Å². The molecule has 3 heterocycles. The Morgan fingerprint density at radius 1 is 1.04 bits per heavy atom. The highest BCUT2D eigenvalue weighted by molar-refractivity contribution is 6.00. The smallest absolute Gasteiger partial charge is 0.409 e. The van der Waals surface area contributed by atoms with Gasteiger partial charge in [-0.2, -0.15) is 0 Å². The molecule has 2 saturated heterocycles. The number of pyridine rings is 1. The third-order valence-corrected chi connectivity index (χ3v) is 8.35. The number of halogens is 1. The lowest BCUT2D eigenvalue weighted by Gasteiger charge is -2.35. The first-order chi connectivity index (χ1) is 23.4. The van der Waals surface area contributed by atoms with Gasteiger partial charge in [0.1, 0.15) is 29.3 Å². The number of aryl methyl sites for hydroxylation is 1. The fourth-order valence-electron chi connectivity index (χ4n) is 5.87. The molecule has 0 aliphatic carbocycles. The second-order valence-electron chi connectivity index (χ2n) is 11.9. The van der Waals surface area contributed by atoms with Crippen molar-refractivity contribution in [1.82, 2.24) is 30.3 Å². The van der Waals surface area contributed by atoms with Gasteiger partial charge in [0, 0.05) is 51.8 Å². The van der Waals surface area contributed by atoms with Crippen molar-refractivity contribution in [2.75, 3.05) is 52.5 Å². The Morgan fingerprint density at radius 2 is 1.76 bits per heavy atom. The van der Waals surface area contributed by atoms with Crippen LogP contribution >= 0.6 is 0 Å². The Hall–Kier alpha value is -5.02. The number of fused-ring (bicyclic) bond motifs is 1. The number of benzene rings is 1. The minimum absolute atomic E-state index is 0.0633. The molecule has 0 bridgehead atoms. The number of aliphatic carboxylic acids is 1. The van der Waals surface area contributed by atoms with Crippen LogP contribution in [0.5, 0.6) is 5.75 Å². The average molecular weight is 687 g/mol. The lowest BCUT2D eigenvalue weighted by Crippen LogP contribution is -2.56. The third-order valence-electron chi connectivity index (χ3n) is 8.35. The maximum absolute atomic E-state index is 15.3. The van der Waals surface area contributed by atoms with Gasteiger partial charge in [-0.1, -0.05) is 6.92 Å². The highest BCUT2D eigenvalue weighted by atomic mass is 19.1. The molecule has 16 heteroatoms. The predicted octanol–water partition coefficient (Wildman–Crippen LogP) is 1.84. The van der Waals surface area contributed by atoms with E-state index in [1.165, 1.54) is 26.8 Å². The Morgan fingerprint density at radius 3 is 2.43 bits per heavy atom. The van der Waals surface area contributed by atoms with Crippen LogP contribution in [0.25, 0.3) is 10.9 Å². The summed E-state index contributed by atoms with van der Waals surface area (Å²) in [5, 5.41) is 14.6. The number of piperazine rings is 1. The van der Waals surface area contributed by atoms with Gasteiger partial charge in [0.15, 0.2) is 6.61 Å². The Balaban J connectivity index is 1.54. The molecule has 1 aromatic heterocycles. The SMILES string of the molecule is CCCNC(=O)[C@@H]1CCCN1C(=O)COc1cc(C(=O)N[C@@H](CCC(=O)O)C(=O)N2CCN(C(=O)OCC)CC2)nc2cc(C)cc(F)c12. The van der Waals surface area contributed by atoms with Gasteiger partial charge in [0.25, 0.3) is 11.8 Å². The van der Waals surface area contributed by atoms with Crippen molar-refractivity contribution in [2.24, 2.45) is 0 Å². The number of carboxylic acids is 1. The summed E-state index contributed by atoms with van der Waals surface area (Å²) in [6.07, 6.45) is 0.737. The fourth-order valence-corrected chi connectivity index (χ4v) is 5.87. The zero-order chi connectivity index (χ0) is 35.7. The summed E-state index contributed by atoms with van der Waals surface area (Å²) in [6.45, 7) is 6.43. The molecular formula is C33H43FN6O9. The minimum atomic E-state index is -1.25. The summed E-state index contributed by atoms with van der Waals surface area (Å²) in [6, 6.07) is 2.06. The number of rotatable bonds is 13. The number of amides is 5. The van der Waals surface area contributed by atoms with E-state index in [0.29, 0.717) is 31.5 Å². The van der Waals surface area contributed by atoms with Crippen LogP contribution in [0.4, 0.5) is 9.18 Å². The van der Waals surface area contributed by atoms with Crippen molar-refractivity contribution in [3.63, 3.8) is 0 Å². The maximum Gasteiger partial charge on any atom is 0.409 e. The molecule has 2 aromatic rings. The molecule has 1 aromatic carbocycles. The van der Waals surface area contributed by atoms with Crippen LogP contribution in [0.2, 0.25) is 0 Å². The summed E-state index contributed by atoms with van der Waals surface area (Å²) >= 11 is 0. The summed E-state index contributed by atoms with van der Waals surface area (Å²) < 4.78 is 26.1. The first kappa shape index (κ1) is 36.8. The number of nitrogens with zero attached hydrogens (tertiary/aromatic N) is 4. The molecule has 266 valence electrons. The van der Waals surface area contributed by atoms with Crippen molar-refractivity contribution in [3.8, 4) is 5.75 Å². The molecule has 0 spiro atoms. The van der Waals surface area contributed by atoms with Crippen molar-refractivity contribution in [1.29, 1.82) is 0 Å². The van der Waals surface area contributed by atoms with Gasteiger partial charge in [-0.15, -0.1) is 0 Å². The van der Waals surface area contributed by atoms with Gasteiger partial charge >= 0.3 is 12.1 Å². The van der Waals surface area contributed by atoms with Crippen LogP contribution in [-0.4, -0.2) is 125 Å². The van der Waals surface area contributed by atoms with Crippen LogP contribution in [0.1, 0.15) is 62.0 Å². The van der Waals surface area contributed by atoms with Crippen molar-refractivity contribution in [3.05, 3.63) is 35.3 Å². The third kappa shape index (κ3) is 9.32. The van der Waals surface area contributed by atoms with Crippen LogP contribution in [0.15, 0.2) is 18.2 Å². The lowest BCUT2D eigenvalue weighted by atomic mass is 10.1.